The van der Waals surface area contributed by atoms with Gasteiger partial charge in [-0.05, 0) is 92.3 Å². The zero-order chi connectivity index (χ0) is 27.4. The molecule has 7 heteroatoms. The topological polar surface area (TPSA) is 88.4 Å². The number of carboxylic acids is 1. The Morgan fingerprint density at radius 1 is 0.923 bits per heavy atom. The van der Waals surface area contributed by atoms with E-state index in [-0.39, 0.29) is 23.1 Å². The number of aromatic carboxylic acids is 1. The van der Waals surface area contributed by atoms with Gasteiger partial charge in [-0.1, -0.05) is 36.4 Å². The summed E-state index contributed by atoms with van der Waals surface area (Å²) >= 11 is 0. The molecule has 0 spiro atoms. The minimum Gasteiger partial charge on any atom is -0.494 e. The number of hydrogen-bond donors (Lipinski definition) is 1. The second-order valence-electron chi connectivity index (χ2n) is 9.60. The minimum absolute atomic E-state index is 0.00779. The van der Waals surface area contributed by atoms with Gasteiger partial charge in [0.05, 0.1) is 36.1 Å². The molecule has 1 aliphatic heterocycles. The Hall–Kier alpha value is -4.39. The molecule has 1 heterocycles. The first-order valence-corrected chi connectivity index (χ1v) is 13.4. The summed E-state index contributed by atoms with van der Waals surface area (Å²) in [7, 11) is 0. The number of nitrogens with zero attached hydrogens (tertiary/aromatic N) is 2. The molecule has 5 rings (SSSR count). The molecule has 2 atom stereocenters. The van der Waals surface area contributed by atoms with Crippen LogP contribution in [0.4, 0.5) is 0 Å². The molecule has 1 aliphatic carbocycles. The van der Waals surface area contributed by atoms with Crippen LogP contribution in [0.3, 0.4) is 0 Å². The number of ether oxygens (including phenoxy) is 2. The van der Waals surface area contributed by atoms with Crippen LogP contribution in [-0.2, 0) is 0 Å². The minimum atomic E-state index is -1.14. The average molecular weight is 525 g/mol. The maximum absolute atomic E-state index is 13.9. The summed E-state index contributed by atoms with van der Waals surface area (Å²) in [6.45, 7) is 5.07. The molecule has 2 unspecified atom stereocenters. The Balaban J connectivity index is 1.56. The van der Waals surface area contributed by atoms with E-state index >= 15 is 0 Å². The number of hydrazone groups is 1. The Bertz CT molecular complexity index is 1410. The standard InChI is InChI=1S/C32H32N2O5/c1-3-38-24-16-12-21(13-17-24)20-23-8-7-11-28-29(23)33-34(30(28)22-14-18-25(19-15-22)39-4-2)31(35)26-9-5-6-10-27(26)32(36)37/h5-6,9-10,12-20,28,30H,3-4,7-8,11H2,1-2H3,(H,36,37)/b23-20-. The maximum Gasteiger partial charge on any atom is 0.336 e. The van der Waals surface area contributed by atoms with Gasteiger partial charge in [-0.2, -0.15) is 5.10 Å². The lowest BCUT2D eigenvalue weighted by Gasteiger charge is -2.30. The highest BCUT2D eigenvalue weighted by atomic mass is 16.5. The van der Waals surface area contributed by atoms with Crippen molar-refractivity contribution in [3.05, 3.63) is 101 Å². The fraction of sp³-hybridized carbons (Fsp3) is 0.281. The molecule has 3 aromatic carbocycles. The van der Waals surface area contributed by atoms with Crippen LogP contribution in [0.5, 0.6) is 11.5 Å². The highest BCUT2D eigenvalue weighted by molar-refractivity contribution is 6.10. The smallest absolute Gasteiger partial charge is 0.336 e. The zero-order valence-corrected chi connectivity index (χ0v) is 22.2. The second kappa shape index (κ2) is 11.6. The Morgan fingerprint density at radius 2 is 1.54 bits per heavy atom. The summed E-state index contributed by atoms with van der Waals surface area (Å²) in [5, 5.41) is 16.2. The summed E-state index contributed by atoms with van der Waals surface area (Å²) in [6.07, 6.45) is 4.83. The van der Waals surface area contributed by atoms with Crippen molar-refractivity contribution >= 4 is 23.7 Å². The molecule has 1 saturated carbocycles. The lowest BCUT2D eigenvalue weighted by atomic mass is 9.77. The first-order chi connectivity index (χ1) is 19.0. The van der Waals surface area contributed by atoms with Gasteiger partial charge in [0.15, 0.2) is 0 Å². The van der Waals surface area contributed by atoms with Crippen LogP contribution in [0.25, 0.3) is 6.08 Å². The number of hydrogen-bond acceptors (Lipinski definition) is 5. The number of benzene rings is 3. The summed E-state index contributed by atoms with van der Waals surface area (Å²) < 4.78 is 11.2. The van der Waals surface area contributed by atoms with E-state index in [0.29, 0.717) is 13.2 Å². The lowest BCUT2D eigenvalue weighted by molar-refractivity contribution is 0.0645. The summed E-state index contributed by atoms with van der Waals surface area (Å²) in [5.41, 5.74) is 4.04. The van der Waals surface area contributed by atoms with Gasteiger partial charge in [0.25, 0.3) is 5.91 Å². The molecule has 7 nitrogen and oxygen atoms in total. The number of allylic oxidation sites excluding steroid dienone is 1. The van der Waals surface area contributed by atoms with E-state index in [1.165, 1.54) is 11.1 Å². The van der Waals surface area contributed by atoms with Crippen LogP contribution < -0.4 is 9.47 Å². The molecule has 3 aromatic rings. The van der Waals surface area contributed by atoms with Gasteiger partial charge < -0.3 is 14.6 Å². The van der Waals surface area contributed by atoms with Crippen molar-refractivity contribution in [2.75, 3.05) is 13.2 Å². The molecule has 1 N–H and O–H groups in total. The van der Waals surface area contributed by atoms with Crippen molar-refractivity contribution in [2.45, 2.75) is 39.2 Å². The van der Waals surface area contributed by atoms with Gasteiger partial charge in [0, 0.05) is 5.92 Å². The number of amides is 1. The number of carboxylic acid groups (broad SMARTS) is 1. The first kappa shape index (κ1) is 26.2. The normalized spacial score (nSPS) is 19.4. The fourth-order valence-corrected chi connectivity index (χ4v) is 5.44. The van der Waals surface area contributed by atoms with Crippen molar-refractivity contribution < 1.29 is 24.2 Å². The van der Waals surface area contributed by atoms with Crippen LogP contribution in [-0.4, -0.2) is 40.9 Å². The van der Waals surface area contributed by atoms with Gasteiger partial charge in [-0.25, -0.2) is 9.80 Å². The number of carbonyl (C=O) groups excluding carboxylic acids is 1. The molecule has 0 aromatic heterocycles. The Kier molecular flexibility index (Phi) is 7.77. The third kappa shape index (κ3) is 5.43. The van der Waals surface area contributed by atoms with Crippen molar-refractivity contribution in [1.82, 2.24) is 5.01 Å². The molecule has 0 bridgehead atoms. The molecule has 0 saturated heterocycles. The van der Waals surface area contributed by atoms with Gasteiger partial charge in [0.1, 0.15) is 11.5 Å². The first-order valence-electron chi connectivity index (χ1n) is 13.4. The predicted molar refractivity (Wildman–Crippen MR) is 150 cm³/mol. The second-order valence-corrected chi connectivity index (χ2v) is 9.60. The van der Waals surface area contributed by atoms with E-state index in [9.17, 15) is 14.7 Å². The molecular formula is C32H32N2O5. The van der Waals surface area contributed by atoms with E-state index in [0.717, 1.165) is 53.2 Å². The van der Waals surface area contributed by atoms with Crippen LogP contribution in [0.15, 0.2) is 83.5 Å². The highest BCUT2D eigenvalue weighted by Gasteiger charge is 2.44. The molecule has 200 valence electrons. The van der Waals surface area contributed by atoms with Gasteiger partial charge in [-0.3, -0.25) is 4.79 Å². The van der Waals surface area contributed by atoms with Gasteiger partial charge in [0.2, 0.25) is 0 Å². The van der Waals surface area contributed by atoms with Crippen molar-refractivity contribution in [2.24, 2.45) is 11.0 Å². The number of fused-ring (bicyclic) bond motifs is 1. The quantitative estimate of drug-likeness (QED) is 0.358. The van der Waals surface area contributed by atoms with Crippen LogP contribution >= 0.6 is 0 Å². The Labute approximate surface area is 228 Å². The van der Waals surface area contributed by atoms with Crippen molar-refractivity contribution in [3.63, 3.8) is 0 Å². The maximum atomic E-state index is 13.9. The van der Waals surface area contributed by atoms with E-state index < -0.39 is 11.9 Å². The van der Waals surface area contributed by atoms with E-state index in [1.54, 1.807) is 18.2 Å². The summed E-state index contributed by atoms with van der Waals surface area (Å²) in [4.78, 5) is 25.9. The molecule has 2 aliphatic rings. The molecule has 39 heavy (non-hydrogen) atoms. The zero-order valence-electron chi connectivity index (χ0n) is 22.2. The molecule has 0 radical (unpaired) electrons. The monoisotopic (exact) mass is 524 g/mol. The third-order valence-corrected chi connectivity index (χ3v) is 7.16. The average Bonchev–Trinajstić information content (AvgIpc) is 3.35. The summed E-state index contributed by atoms with van der Waals surface area (Å²) in [6, 6.07) is 21.7. The van der Waals surface area contributed by atoms with Gasteiger partial charge in [-0.15, -0.1) is 0 Å². The summed E-state index contributed by atoms with van der Waals surface area (Å²) in [5.74, 6) is 0.00993. The lowest BCUT2D eigenvalue weighted by Crippen LogP contribution is -2.32. The molecular weight excluding hydrogens is 492 g/mol. The third-order valence-electron chi connectivity index (χ3n) is 7.16. The molecule has 1 fully saturated rings. The number of carbonyl (C=O) groups is 2. The predicted octanol–water partition coefficient (Wildman–Crippen LogP) is 6.62. The highest BCUT2D eigenvalue weighted by Crippen LogP contribution is 2.45. The van der Waals surface area contributed by atoms with E-state index in [2.05, 4.69) is 6.08 Å². The Morgan fingerprint density at radius 3 is 2.15 bits per heavy atom. The van der Waals surface area contributed by atoms with E-state index in [1.807, 2.05) is 62.4 Å². The molecule has 1 amide bonds. The SMILES string of the molecule is CCOc1ccc(/C=C2/CCCC3C2=NN(C(=O)c2ccccc2C(=O)O)C3c2ccc(OCC)cc2)cc1. The largest absolute Gasteiger partial charge is 0.494 e. The van der Waals surface area contributed by atoms with Crippen LogP contribution in [0.1, 0.15) is 71.0 Å². The van der Waals surface area contributed by atoms with Crippen molar-refractivity contribution in [1.29, 1.82) is 0 Å². The van der Waals surface area contributed by atoms with E-state index in [4.69, 9.17) is 14.6 Å². The van der Waals surface area contributed by atoms with Gasteiger partial charge >= 0.3 is 5.97 Å². The number of rotatable bonds is 8. The van der Waals surface area contributed by atoms with Crippen molar-refractivity contribution in [3.8, 4) is 11.5 Å². The van der Waals surface area contributed by atoms with Crippen LogP contribution in [0, 0.1) is 5.92 Å². The fourth-order valence-electron chi connectivity index (χ4n) is 5.44. The van der Waals surface area contributed by atoms with Crippen LogP contribution in [0.2, 0.25) is 0 Å².